The SMILES string of the molecule is OCC(O)CCCCCCCCCS. The zero-order valence-electron chi connectivity index (χ0n) is 8.99. The molecule has 0 spiro atoms. The molecule has 3 heteroatoms. The molecule has 1 unspecified atom stereocenters. The molecule has 0 aliphatic carbocycles. The summed E-state index contributed by atoms with van der Waals surface area (Å²) < 4.78 is 0. The summed E-state index contributed by atoms with van der Waals surface area (Å²) in [5.41, 5.74) is 0. The number of rotatable bonds is 10. The van der Waals surface area contributed by atoms with Crippen LogP contribution in [-0.4, -0.2) is 28.7 Å². The number of hydrogen-bond donors (Lipinski definition) is 3. The second-order valence-electron chi connectivity index (χ2n) is 3.82. The Kier molecular flexibility index (Phi) is 11.6. The maximum atomic E-state index is 9.07. The zero-order valence-corrected chi connectivity index (χ0v) is 9.88. The Labute approximate surface area is 93.1 Å². The smallest absolute Gasteiger partial charge is 0.0770 e. The number of aliphatic hydroxyl groups excluding tert-OH is 2. The van der Waals surface area contributed by atoms with Gasteiger partial charge in [-0.2, -0.15) is 12.6 Å². The van der Waals surface area contributed by atoms with Crippen molar-refractivity contribution in [3.05, 3.63) is 0 Å². The summed E-state index contributed by atoms with van der Waals surface area (Å²) in [5.74, 6) is 1.00. The molecule has 0 aromatic carbocycles. The first kappa shape index (κ1) is 14.3. The van der Waals surface area contributed by atoms with Gasteiger partial charge in [-0.1, -0.05) is 38.5 Å². The van der Waals surface area contributed by atoms with Crippen LogP contribution < -0.4 is 0 Å². The minimum absolute atomic E-state index is 0.0953. The Morgan fingerprint density at radius 2 is 1.36 bits per heavy atom. The van der Waals surface area contributed by atoms with Crippen molar-refractivity contribution in [3.8, 4) is 0 Å². The van der Waals surface area contributed by atoms with E-state index in [1.54, 1.807) is 0 Å². The van der Waals surface area contributed by atoms with Gasteiger partial charge in [-0.05, 0) is 18.6 Å². The average molecular weight is 220 g/mol. The lowest BCUT2D eigenvalue weighted by molar-refractivity contribution is 0.0860. The van der Waals surface area contributed by atoms with Crippen LogP contribution in [0.2, 0.25) is 0 Å². The fourth-order valence-electron chi connectivity index (χ4n) is 1.47. The quantitative estimate of drug-likeness (QED) is 0.391. The molecule has 1 atom stereocenters. The molecule has 0 bridgehead atoms. The highest BCUT2D eigenvalue weighted by molar-refractivity contribution is 7.80. The summed E-state index contributed by atoms with van der Waals surface area (Å²) in [6, 6.07) is 0. The lowest BCUT2D eigenvalue weighted by Crippen LogP contribution is -2.10. The van der Waals surface area contributed by atoms with Gasteiger partial charge in [0.15, 0.2) is 0 Å². The summed E-state index contributed by atoms with van der Waals surface area (Å²) >= 11 is 4.16. The van der Waals surface area contributed by atoms with Gasteiger partial charge in [-0.15, -0.1) is 0 Å². The lowest BCUT2D eigenvalue weighted by atomic mass is 10.1. The van der Waals surface area contributed by atoms with Crippen molar-refractivity contribution in [2.24, 2.45) is 0 Å². The summed E-state index contributed by atoms with van der Waals surface area (Å²) in [6.45, 7) is -0.0953. The fraction of sp³-hybridized carbons (Fsp3) is 1.00. The van der Waals surface area contributed by atoms with E-state index in [1.165, 1.54) is 38.5 Å². The van der Waals surface area contributed by atoms with E-state index in [2.05, 4.69) is 12.6 Å². The molecular weight excluding hydrogens is 196 g/mol. The van der Waals surface area contributed by atoms with E-state index in [0.717, 1.165) is 18.6 Å². The number of unbranched alkanes of at least 4 members (excludes halogenated alkanes) is 6. The molecule has 0 aromatic heterocycles. The third-order valence-electron chi connectivity index (χ3n) is 2.41. The van der Waals surface area contributed by atoms with Gasteiger partial charge >= 0.3 is 0 Å². The molecule has 0 radical (unpaired) electrons. The molecule has 0 heterocycles. The molecule has 0 amide bonds. The first-order chi connectivity index (χ1) is 6.81. The van der Waals surface area contributed by atoms with E-state index in [-0.39, 0.29) is 6.61 Å². The Morgan fingerprint density at radius 1 is 0.857 bits per heavy atom. The Balaban J connectivity index is 2.92. The van der Waals surface area contributed by atoms with E-state index in [9.17, 15) is 0 Å². The normalized spacial score (nSPS) is 13.1. The van der Waals surface area contributed by atoms with E-state index < -0.39 is 6.10 Å². The maximum absolute atomic E-state index is 9.07. The van der Waals surface area contributed by atoms with Crippen LogP contribution in [0.25, 0.3) is 0 Å². The van der Waals surface area contributed by atoms with Crippen LogP contribution in [0.3, 0.4) is 0 Å². The Bertz CT molecular complexity index is 109. The summed E-state index contributed by atoms with van der Waals surface area (Å²) in [4.78, 5) is 0. The molecule has 0 saturated carbocycles. The topological polar surface area (TPSA) is 40.5 Å². The summed E-state index contributed by atoms with van der Waals surface area (Å²) in [5, 5.41) is 17.6. The van der Waals surface area contributed by atoms with E-state index in [0.29, 0.717) is 0 Å². The van der Waals surface area contributed by atoms with Crippen LogP contribution in [0.4, 0.5) is 0 Å². The van der Waals surface area contributed by atoms with Crippen LogP contribution in [-0.2, 0) is 0 Å². The lowest BCUT2D eigenvalue weighted by Gasteiger charge is -2.05. The maximum Gasteiger partial charge on any atom is 0.0770 e. The van der Waals surface area contributed by atoms with Crippen molar-refractivity contribution in [3.63, 3.8) is 0 Å². The van der Waals surface area contributed by atoms with Gasteiger partial charge in [-0.25, -0.2) is 0 Å². The molecule has 86 valence electrons. The van der Waals surface area contributed by atoms with Gasteiger partial charge in [0.25, 0.3) is 0 Å². The van der Waals surface area contributed by atoms with Crippen LogP contribution >= 0.6 is 12.6 Å². The molecule has 0 saturated heterocycles. The molecule has 0 aliphatic heterocycles. The van der Waals surface area contributed by atoms with Gasteiger partial charge in [0.1, 0.15) is 0 Å². The standard InChI is InChI=1S/C11H24O2S/c12-10-11(13)8-6-4-2-1-3-5-7-9-14/h11-14H,1-10H2. The molecule has 0 aliphatic rings. The third kappa shape index (κ3) is 10.4. The van der Waals surface area contributed by atoms with Crippen LogP contribution in [0.5, 0.6) is 0 Å². The summed E-state index contributed by atoms with van der Waals surface area (Å²) in [7, 11) is 0. The highest BCUT2D eigenvalue weighted by Crippen LogP contribution is 2.09. The monoisotopic (exact) mass is 220 g/mol. The first-order valence-corrected chi connectivity index (χ1v) is 6.34. The van der Waals surface area contributed by atoms with Crippen LogP contribution in [0.1, 0.15) is 51.4 Å². The fourth-order valence-corrected chi connectivity index (χ4v) is 1.69. The largest absolute Gasteiger partial charge is 0.394 e. The highest BCUT2D eigenvalue weighted by Gasteiger charge is 2.00. The van der Waals surface area contributed by atoms with Crippen molar-refractivity contribution in [1.82, 2.24) is 0 Å². The third-order valence-corrected chi connectivity index (χ3v) is 2.72. The molecular formula is C11H24O2S. The van der Waals surface area contributed by atoms with E-state index in [1.807, 2.05) is 0 Å². The van der Waals surface area contributed by atoms with E-state index >= 15 is 0 Å². The van der Waals surface area contributed by atoms with E-state index in [4.69, 9.17) is 10.2 Å². The van der Waals surface area contributed by atoms with Gasteiger partial charge in [0.05, 0.1) is 12.7 Å². The van der Waals surface area contributed by atoms with Crippen molar-refractivity contribution in [2.75, 3.05) is 12.4 Å². The molecule has 0 rings (SSSR count). The predicted molar refractivity (Wildman–Crippen MR) is 63.9 cm³/mol. The van der Waals surface area contributed by atoms with Crippen molar-refractivity contribution in [1.29, 1.82) is 0 Å². The minimum Gasteiger partial charge on any atom is -0.394 e. The van der Waals surface area contributed by atoms with Gasteiger partial charge < -0.3 is 10.2 Å². The molecule has 14 heavy (non-hydrogen) atoms. The number of hydrogen-bond acceptors (Lipinski definition) is 3. The molecule has 2 N–H and O–H groups in total. The van der Waals surface area contributed by atoms with Crippen LogP contribution in [0, 0.1) is 0 Å². The van der Waals surface area contributed by atoms with Gasteiger partial charge in [0, 0.05) is 0 Å². The highest BCUT2D eigenvalue weighted by atomic mass is 32.1. The van der Waals surface area contributed by atoms with Crippen molar-refractivity contribution >= 4 is 12.6 Å². The number of thiol groups is 1. The van der Waals surface area contributed by atoms with Gasteiger partial charge in [-0.3, -0.25) is 0 Å². The summed E-state index contributed by atoms with van der Waals surface area (Å²) in [6.07, 6.45) is 8.84. The molecule has 0 aromatic rings. The molecule has 2 nitrogen and oxygen atoms in total. The van der Waals surface area contributed by atoms with Crippen molar-refractivity contribution in [2.45, 2.75) is 57.5 Å². The Hall–Kier alpha value is 0.270. The average Bonchev–Trinajstić information content (AvgIpc) is 2.21. The predicted octanol–water partition coefficient (Wildman–Crippen LogP) is 2.39. The second-order valence-corrected chi connectivity index (χ2v) is 4.27. The second kappa shape index (κ2) is 11.3. The molecule has 0 fully saturated rings. The zero-order chi connectivity index (χ0) is 10.6. The minimum atomic E-state index is -0.501. The first-order valence-electron chi connectivity index (χ1n) is 5.71. The Morgan fingerprint density at radius 3 is 1.86 bits per heavy atom. The van der Waals surface area contributed by atoms with Gasteiger partial charge in [0.2, 0.25) is 0 Å². The van der Waals surface area contributed by atoms with Crippen LogP contribution in [0.15, 0.2) is 0 Å². The number of aliphatic hydroxyl groups is 2. The van der Waals surface area contributed by atoms with Crippen molar-refractivity contribution < 1.29 is 10.2 Å².